The molecular formula is C20H25ClO3. The molecule has 0 atom stereocenters. The van der Waals surface area contributed by atoms with Crippen LogP contribution in [0.2, 0.25) is 5.02 Å². The molecule has 1 aliphatic carbocycles. The van der Waals surface area contributed by atoms with E-state index in [9.17, 15) is 4.79 Å². The van der Waals surface area contributed by atoms with Crippen LogP contribution in [0.15, 0.2) is 41.2 Å². The zero-order chi connectivity index (χ0) is 17.5. The molecule has 4 heteroatoms. The number of carbonyl (C=O) groups excluding carboxylic acids is 1. The first-order valence-corrected chi connectivity index (χ1v) is 9.00. The maximum absolute atomic E-state index is 11.7. The van der Waals surface area contributed by atoms with Crippen molar-refractivity contribution in [3.63, 3.8) is 0 Å². The molecule has 0 heterocycles. The van der Waals surface area contributed by atoms with Gasteiger partial charge in [0.1, 0.15) is 18.1 Å². The molecule has 2 rings (SSSR count). The van der Waals surface area contributed by atoms with E-state index in [-0.39, 0.29) is 5.97 Å². The van der Waals surface area contributed by atoms with Gasteiger partial charge in [0.05, 0.1) is 5.02 Å². The summed E-state index contributed by atoms with van der Waals surface area (Å²) in [5, 5.41) is 0.611. The number of rotatable bonds is 7. The summed E-state index contributed by atoms with van der Waals surface area (Å²) in [7, 11) is 0. The summed E-state index contributed by atoms with van der Waals surface area (Å²) in [5.74, 6) is 1.08. The summed E-state index contributed by atoms with van der Waals surface area (Å²) in [6.45, 7) is 6.35. The Morgan fingerprint density at radius 2 is 2.00 bits per heavy atom. The summed E-state index contributed by atoms with van der Waals surface area (Å²) in [5.41, 5.74) is 3.43. The van der Waals surface area contributed by atoms with Crippen molar-refractivity contribution in [2.45, 2.75) is 52.9 Å². The second-order valence-corrected chi connectivity index (χ2v) is 6.18. The Labute approximate surface area is 149 Å². The van der Waals surface area contributed by atoms with Crippen molar-refractivity contribution in [2.24, 2.45) is 0 Å². The number of aryl methyl sites for hydroxylation is 1. The zero-order valence-corrected chi connectivity index (χ0v) is 15.4. The Balaban J connectivity index is 2.16. The molecule has 0 fully saturated rings. The largest absolute Gasteiger partial charge is 0.487 e. The van der Waals surface area contributed by atoms with Gasteiger partial charge in [-0.2, -0.15) is 0 Å². The van der Waals surface area contributed by atoms with Crippen LogP contribution in [0.1, 0.15) is 52.0 Å². The van der Waals surface area contributed by atoms with E-state index in [0.29, 0.717) is 29.6 Å². The molecular weight excluding hydrogens is 324 g/mol. The lowest BCUT2D eigenvalue weighted by atomic mass is 9.94. The summed E-state index contributed by atoms with van der Waals surface area (Å²) in [6.07, 6.45) is 6.06. The molecule has 0 spiro atoms. The van der Waals surface area contributed by atoms with Crippen LogP contribution >= 0.6 is 11.6 Å². The SMILES string of the molecule is CCC(=O)OC1=CCCC(CC)=C1COc1ccc(CC)cc1Cl. The maximum atomic E-state index is 11.7. The fourth-order valence-corrected chi connectivity index (χ4v) is 2.98. The molecule has 0 amide bonds. The van der Waals surface area contributed by atoms with Crippen molar-refractivity contribution in [2.75, 3.05) is 6.61 Å². The van der Waals surface area contributed by atoms with E-state index in [0.717, 1.165) is 31.3 Å². The molecule has 0 radical (unpaired) electrons. The van der Waals surface area contributed by atoms with Crippen molar-refractivity contribution in [3.8, 4) is 5.75 Å². The highest BCUT2D eigenvalue weighted by atomic mass is 35.5. The van der Waals surface area contributed by atoms with Crippen LogP contribution in [-0.4, -0.2) is 12.6 Å². The lowest BCUT2D eigenvalue weighted by Crippen LogP contribution is -2.14. The molecule has 0 unspecified atom stereocenters. The van der Waals surface area contributed by atoms with Gasteiger partial charge in [0.25, 0.3) is 0 Å². The van der Waals surface area contributed by atoms with Gasteiger partial charge in [0.15, 0.2) is 0 Å². The second kappa shape index (κ2) is 8.93. The lowest BCUT2D eigenvalue weighted by Gasteiger charge is -2.21. The summed E-state index contributed by atoms with van der Waals surface area (Å²) in [4.78, 5) is 11.7. The van der Waals surface area contributed by atoms with Crippen LogP contribution in [0.5, 0.6) is 5.75 Å². The van der Waals surface area contributed by atoms with E-state index in [1.54, 1.807) is 6.92 Å². The minimum atomic E-state index is -0.221. The predicted molar refractivity (Wildman–Crippen MR) is 97.3 cm³/mol. The highest BCUT2D eigenvalue weighted by Crippen LogP contribution is 2.31. The minimum absolute atomic E-state index is 0.221. The van der Waals surface area contributed by atoms with Gasteiger partial charge < -0.3 is 9.47 Å². The number of hydrogen-bond acceptors (Lipinski definition) is 3. The Hall–Kier alpha value is -1.74. The standard InChI is InChI=1S/C20H25ClO3/c1-4-14-10-11-19(17(21)12-14)23-13-16-15(5-2)8-7-9-18(16)24-20(22)6-3/h9-12H,4-8,13H2,1-3H3. The highest BCUT2D eigenvalue weighted by Gasteiger charge is 2.19. The average Bonchev–Trinajstić information content (AvgIpc) is 2.60. The molecule has 0 aliphatic heterocycles. The van der Waals surface area contributed by atoms with Crippen molar-refractivity contribution in [3.05, 3.63) is 51.8 Å². The van der Waals surface area contributed by atoms with Gasteiger partial charge in [0.2, 0.25) is 0 Å². The van der Waals surface area contributed by atoms with Crippen LogP contribution in [-0.2, 0) is 16.0 Å². The van der Waals surface area contributed by atoms with Crippen molar-refractivity contribution in [1.82, 2.24) is 0 Å². The average molecular weight is 349 g/mol. The molecule has 1 aromatic rings. The van der Waals surface area contributed by atoms with E-state index < -0.39 is 0 Å². The topological polar surface area (TPSA) is 35.5 Å². The number of ether oxygens (including phenoxy) is 2. The van der Waals surface area contributed by atoms with E-state index in [1.807, 2.05) is 24.3 Å². The van der Waals surface area contributed by atoms with E-state index in [4.69, 9.17) is 21.1 Å². The van der Waals surface area contributed by atoms with Gasteiger partial charge in [-0.05, 0) is 49.5 Å². The molecule has 0 bridgehead atoms. The van der Waals surface area contributed by atoms with Gasteiger partial charge in [-0.3, -0.25) is 4.79 Å². The summed E-state index contributed by atoms with van der Waals surface area (Å²) in [6, 6.07) is 5.85. The van der Waals surface area contributed by atoms with Gasteiger partial charge in [-0.25, -0.2) is 0 Å². The van der Waals surface area contributed by atoms with Crippen molar-refractivity contribution >= 4 is 17.6 Å². The molecule has 0 saturated heterocycles. The van der Waals surface area contributed by atoms with Crippen LogP contribution in [0.25, 0.3) is 0 Å². The number of halogens is 1. The molecule has 3 nitrogen and oxygen atoms in total. The van der Waals surface area contributed by atoms with Crippen LogP contribution in [0.4, 0.5) is 0 Å². The highest BCUT2D eigenvalue weighted by molar-refractivity contribution is 6.32. The smallest absolute Gasteiger partial charge is 0.310 e. The van der Waals surface area contributed by atoms with Crippen molar-refractivity contribution in [1.29, 1.82) is 0 Å². The Morgan fingerprint density at radius 1 is 1.21 bits per heavy atom. The molecule has 1 aromatic carbocycles. The maximum Gasteiger partial charge on any atom is 0.310 e. The molecule has 0 N–H and O–H groups in total. The van der Waals surface area contributed by atoms with Gasteiger partial charge >= 0.3 is 5.97 Å². The fourth-order valence-electron chi connectivity index (χ4n) is 2.72. The third-order valence-corrected chi connectivity index (χ3v) is 4.51. The fraction of sp³-hybridized carbons (Fsp3) is 0.450. The molecule has 0 aromatic heterocycles. The predicted octanol–water partition coefficient (Wildman–Crippen LogP) is 5.62. The summed E-state index contributed by atoms with van der Waals surface area (Å²) < 4.78 is 11.4. The van der Waals surface area contributed by atoms with E-state index >= 15 is 0 Å². The summed E-state index contributed by atoms with van der Waals surface area (Å²) >= 11 is 6.30. The Kier molecular flexibility index (Phi) is 6.92. The molecule has 130 valence electrons. The van der Waals surface area contributed by atoms with Crippen LogP contribution in [0.3, 0.4) is 0 Å². The molecule has 24 heavy (non-hydrogen) atoms. The third-order valence-electron chi connectivity index (χ3n) is 4.22. The number of hydrogen-bond donors (Lipinski definition) is 0. The number of esters is 1. The molecule has 1 aliphatic rings. The van der Waals surface area contributed by atoms with Crippen LogP contribution in [0, 0.1) is 0 Å². The number of carbonyl (C=O) groups is 1. The van der Waals surface area contributed by atoms with Gasteiger partial charge in [-0.15, -0.1) is 0 Å². The molecule has 0 saturated carbocycles. The Bertz CT molecular complexity index is 659. The Morgan fingerprint density at radius 3 is 2.62 bits per heavy atom. The third kappa shape index (κ3) is 4.64. The number of benzene rings is 1. The van der Waals surface area contributed by atoms with E-state index in [2.05, 4.69) is 13.8 Å². The zero-order valence-electron chi connectivity index (χ0n) is 14.7. The first-order valence-electron chi connectivity index (χ1n) is 8.62. The monoisotopic (exact) mass is 348 g/mol. The lowest BCUT2D eigenvalue weighted by molar-refractivity contribution is -0.138. The van der Waals surface area contributed by atoms with Gasteiger partial charge in [0, 0.05) is 12.0 Å². The van der Waals surface area contributed by atoms with E-state index in [1.165, 1.54) is 11.1 Å². The first-order chi connectivity index (χ1) is 11.6. The first kappa shape index (κ1) is 18.6. The van der Waals surface area contributed by atoms with Crippen molar-refractivity contribution < 1.29 is 14.3 Å². The normalized spacial score (nSPS) is 14.4. The number of allylic oxidation sites excluding steroid dienone is 2. The van der Waals surface area contributed by atoms with Crippen LogP contribution < -0.4 is 4.74 Å². The minimum Gasteiger partial charge on any atom is -0.487 e. The second-order valence-electron chi connectivity index (χ2n) is 5.78. The quantitative estimate of drug-likeness (QED) is 0.600. The van der Waals surface area contributed by atoms with Gasteiger partial charge in [-0.1, -0.05) is 44.0 Å².